The van der Waals surface area contributed by atoms with Crippen molar-refractivity contribution in [3.63, 3.8) is 0 Å². The van der Waals surface area contributed by atoms with Crippen molar-refractivity contribution in [1.29, 1.82) is 0 Å². The molecule has 140 valence electrons. The van der Waals surface area contributed by atoms with Crippen molar-refractivity contribution in [2.75, 3.05) is 31.6 Å². The molecule has 0 bridgehead atoms. The van der Waals surface area contributed by atoms with Crippen LogP contribution in [0.25, 0.3) is 0 Å². The fourth-order valence-corrected chi connectivity index (χ4v) is 2.47. The molecule has 0 aliphatic carbocycles. The number of aliphatic imine (C=N–C) groups is 1. The van der Waals surface area contributed by atoms with E-state index in [4.69, 9.17) is 4.74 Å². The van der Waals surface area contributed by atoms with E-state index in [9.17, 15) is 9.18 Å². The number of nitrogens with zero attached hydrogens (tertiary/aromatic N) is 1. The summed E-state index contributed by atoms with van der Waals surface area (Å²) in [5.41, 5.74) is 0.355. The van der Waals surface area contributed by atoms with Gasteiger partial charge in [-0.1, -0.05) is 0 Å². The van der Waals surface area contributed by atoms with E-state index in [0.29, 0.717) is 24.7 Å². The summed E-state index contributed by atoms with van der Waals surface area (Å²) >= 11 is 0. The van der Waals surface area contributed by atoms with Gasteiger partial charge in [-0.05, 0) is 51.0 Å². The molecule has 1 aromatic rings. The Morgan fingerprint density at radius 1 is 1.32 bits per heavy atom. The summed E-state index contributed by atoms with van der Waals surface area (Å²) in [6, 6.07) is 5.62. The number of rotatable bonds is 6. The van der Waals surface area contributed by atoms with E-state index in [1.165, 1.54) is 24.3 Å². The average molecular weight is 464 g/mol. The zero-order chi connectivity index (χ0) is 17.4. The first-order valence-electron chi connectivity index (χ1n) is 8.22. The SMILES string of the molecule is CCNC(=NCC(=O)Nc1ccc(F)cc1)NCC1(C)CCCO1.I. The van der Waals surface area contributed by atoms with Gasteiger partial charge in [-0.2, -0.15) is 0 Å². The highest BCUT2D eigenvalue weighted by molar-refractivity contribution is 14.0. The first-order chi connectivity index (χ1) is 11.5. The fraction of sp³-hybridized carbons (Fsp3) is 0.529. The van der Waals surface area contributed by atoms with Crippen LogP contribution in [0.1, 0.15) is 26.7 Å². The van der Waals surface area contributed by atoms with Crippen molar-refractivity contribution in [3.05, 3.63) is 30.1 Å². The quantitative estimate of drug-likeness (QED) is 0.344. The van der Waals surface area contributed by atoms with Crippen molar-refractivity contribution in [3.8, 4) is 0 Å². The molecule has 8 heteroatoms. The highest BCUT2D eigenvalue weighted by atomic mass is 127. The van der Waals surface area contributed by atoms with E-state index in [1.807, 2.05) is 6.92 Å². The van der Waals surface area contributed by atoms with Gasteiger partial charge in [0, 0.05) is 25.4 Å². The van der Waals surface area contributed by atoms with Crippen molar-refractivity contribution in [2.45, 2.75) is 32.3 Å². The monoisotopic (exact) mass is 464 g/mol. The molecule has 1 amide bonds. The Hall–Kier alpha value is -1.42. The van der Waals surface area contributed by atoms with E-state index in [1.54, 1.807) is 0 Å². The van der Waals surface area contributed by atoms with E-state index in [0.717, 1.165) is 19.4 Å². The van der Waals surface area contributed by atoms with E-state index in [2.05, 4.69) is 27.9 Å². The number of ether oxygens (including phenoxy) is 1. The zero-order valence-corrected chi connectivity index (χ0v) is 16.9. The molecule has 6 nitrogen and oxygen atoms in total. The molecule has 0 aromatic heterocycles. The lowest BCUT2D eigenvalue weighted by Crippen LogP contribution is -2.45. The van der Waals surface area contributed by atoms with Gasteiger partial charge < -0.3 is 20.7 Å². The Morgan fingerprint density at radius 3 is 2.64 bits per heavy atom. The van der Waals surface area contributed by atoms with Gasteiger partial charge in [0.25, 0.3) is 0 Å². The molecule has 0 saturated carbocycles. The number of halogens is 2. The molecule has 1 saturated heterocycles. The highest BCUT2D eigenvalue weighted by Crippen LogP contribution is 2.23. The number of hydrogen-bond acceptors (Lipinski definition) is 3. The van der Waals surface area contributed by atoms with E-state index < -0.39 is 0 Å². The molecular weight excluding hydrogens is 438 g/mol. The zero-order valence-electron chi connectivity index (χ0n) is 14.6. The second kappa shape index (κ2) is 10.5. The van der Waals surface area contributed by atoms with Crippen molar-refractivity contribution in [1.82, 2.24) is 10.6 Å². The summed E-state index contributed by atoms with van der Waals surface area (Å²) in [7, 11) is 0. The summed E-state index contributed by atoms with van der Waals surface area (Å²) in [6.07, 6.45) is 2.07. The molecule has 1 aromatic carbocycles. The molecule has 1 fully saturated rings. The van der Waals surface area contributed by atoms with Gasteiger partial charge in [-0.25, -0.2) is 9.38 Å². The van der Waals surface area contributed by atoms with Crippen LogP contribution >= 0.6 is 24.0 Å². The molecule has 1 aliphatic rings. The maximum absolute atomic E-state index is 12.8. The number of guanidine groups is 1. The number of benzene rings is 1. The Labute approximate surface area is 165 Å². The van der Waals surface area contributed by atoms with Crippen LogP contribution in [-0.4, -0.2) is 43.7 Å². The minimum absolute atomic E-state index is 0. The molecular formula is C17H26FIN4O2. The van der Waals surface area contributed by atoms with Gasteiger partial charge >= 0.3 is 0 Å². The molecule has 1 heterocycles. The van der Waals surface area contributed by atoms with Gasteiger partial charge in [0.1, 0.15) is 12.4 Å². The summed E-state index contributed by atoms with van der Waals surface area (Å²) in [4.78, 5) is 16.2. The van der Waals surface area contributed by atoms with Crippen LogP contribution in [-0.2, 0) is 9.53 Å². The first-order valence-corrected chi connectivity index (χ1v) is 8.22. The van der Waals surface area contributed by atoms with Crippen molar-refractivity contribution >= 4 is 41.5 Å². The highest BCUT2D eigenvalue weighted by Gasteiger charge is 2.29. The number of anilines is 1. The van der Waals surface area contributed by atoms with Crippen molar-refractivity contribution in [2.24, 2.45) is 4.99 Å². The topological polar surface area (TPSA) is 74.8 Å². The lowest BCUT2D eigenvalue weighted by molar-refractivity contribution is -0.114. The second-order valence-corrected chi connectivity index (χ2v) is 6.01. The normalized spacial score (nSPS) is 19.9. The average Bonchev–Trinajstić information content (AvgIpc) is 2.99. The van der Waals surface area contributed by atoms with Crippen LogP contribution in [0, 0.1) is 5.82 Å². The van der Waals surface area contributed by atoms with Gasteiger partial charge in [0.2, 0.25) is 5.91 Å². The summed E-state index contributed by atoms with van der Waals surface area (Å²) in [5, 5.41) is 9.00. The molecule has 0 radical (unpaired) electrons. The molecule has 2 rings (SSSR count). The lowest BCUT2D eigenvalue weighted by Gasteiger charge is -2.24. The molecule has 3 N–H and O–H groups in total. The van der Waals surface area contributed by atoms with Gasteiger partial charge in [-0.3, -0.25) is 4.79 Å². The van der Waals surface area contributed by atoms with Gasteiger partial charge in [0.15, 0.2) is 5.96 Å². The Morgan fingerprint density at radius 2 is 2.04 bits per heavy atom. The van der Waals surface area contributed by atoms with Crippen LogP contribution in [0.2, 0.25) is 0 Å². The van der Waals surface area contributed by atoms with Crippen LogP contribution < -0.4 is 16.0 Å². The van der Waals surface area contributed by atoms with E-state index in [-0.39, 0.29) is 47.8 Å². The maximum atomic E-state index is 12.8. The standard InChI is InChI=1S/C17H25FN4O2.HI/c1-3-19-16(21-12-17(2)9-4-10-24-17)20-11-15(23)22-14-7-5-13(18)6-8-14;/h5-8H,3-4,9-12H2,1-2H3,(H,22,23)(H2,19,20,21);1H. The predicted octanol–water partition coefficient (Wildman–Crippen LogP) is 2.51. The fourth-order valence-electron chi connectivity index (χ4n) is 2.47. The molecule has 1 unspecified atom stereocenters. The largest absolute Gasteiger partial charge is 0.373 e. The third kappa shape index (κ3) is 7.55. The lowest BCUT2D eigenvalue weighted by atomic mass is 10.0. The molecule has 1 atom stereocenters. The Kier molecular flexibility index (Phi) is 9.12. The Bertz CT molecular complexity index is 575. The molecule has 25 heavy (non-hydrogen) atoms. The maximum Gasteiger partial charge on any atom is 0.246 e. The smallest absolute Gasteiger partial charge is 0.246 e. The number of carbonyl (C=O) groups excluding carboxylic acids is 1. The number of amides is 1. The predicted molar refractivity (Wildman–Crippen MR) is 108 cm³/mol. The van der Waals surface area contributed by atoms with Crippen LogP contribution in [0.5, 0.6) is 0 Å². The second-order valence-electron chi connectivity index (χ2n) is 6.01. The van der Waals surface area contributed by atoms with Gasteiger partial charge in [0.05, 0.1) is 5.60 Å². The molecule has 1 aliphatic heterocycles. The van der Waals surface area contributed by atoms with Crippen LogP contribution in [0.4, 0.5) is 10.1 Å². The molecule has 0 spiro atoms. The van der Waals surface area contributed by atoms with E-state index >= 15 is 0 Å². The minimum atomic E-state index is -0.340. The Balaban J connectivity index is 0.00000312. The van der Waals surface area contributed by atoms with Gasteiger partial charge in [-0.15, -0.1) is 24.0 Å². The summed E-state index contributed by atoms with van der Waals surface area (Å²) in [5.74, 6) is -0.0297. The van der Waals surface area contributed by atoms with Crippen LogP contribution in [0.3, 0.4) is 0 Å². The number of carbonyl (C=O) groups is 1. The third-order valence-electron chi connectivity index (χ3n) is 3.78. The minimum Gasteiger partial charge on any atom is -0.373 e. The summed E-state index contributed by atoms with van der Waals surface area (Å²) in [6.45, 7) is 6.12. The van der Waals surface area contributed by atoms with Crippen LogP contribution in [0.15, 0.2) is 29.3 Å². The number of hydrogen-bond donors (Lipinski definition) is 3. The summed E-state index contributed by atoms with van der Waals surface area (Å²) < 4.78 is 18.6. The third-order valence-corrected chi connectivity index (χ3v) is 3.78. The van der Waals surface area contributed by atoms with Crippen molar-refractivity contribution < 1.29 is 13.9 Å². The first kappa shape index (κ1) is 21.6. The number of nitrogens with one attached hydrogen (secondary N) is 3.